The smallest absolute Gasteiger partial charge is 0.335 e. The first-order valence-corrected chi connectivity index (χ1v) is 9.62. The molecule has 0 spiro atoms. The number of hydrogen-bond acceptors (Lipinski definition) is 5. The maximum absolute atomic E-state index is 13.1. The van der Waals surface area contributed by atoms with Gasteiger partial charge in [-0.2, -0.15) is 5.26 Å². The van der Waals surface area contributed by atoms with Crippen molar-refractivity contribution >= 4 is 40.5 Å². The van der Waals surface area contributed by atoms with E-state index in [2.05, 4.69) is 11.4 Å². The van der Waals surface area contributed by atoms with Crippen molar-refractivity contribution in [3.05, 3.63) is 65.9 Å². The number of carbonyl (C=O) groups is 3. The number of nitriles is 1. The first-order chi connectivity index (χ1) is 15.0. The van der Waals surface area contributed by atoms with Gasteiger partial charge in [-0.3, -0.25) is 14.9 Å². The molecule has 1 saturated heterocycles. The Labute approximate surface area is 177 Å². The van der Waals surface area contributed by atoms with Crippen LogP contribution in [0, 0.1) is 11.3 Å². The van der Waals surface area contributed by atoms with E-state index in [1.54, 1.807) is 35.0 Å². The van der Waals surface area contributed by atoms with Crippen LogP contribution in [0.4, 0.5) is 10.5 Å². The molecule has 4 rings (SSSR count). The van der Waals surface area contributed by atoms with Crippen LogP contribution in [0.3, 0.4) is 0 Å². The minimum absolute atomic E-state index is 0.126. The number of rotatable bonds is 5. The van der Waals surface area contributed by atoms with Crippen molar-refractivity contribution in [2.75, 3.05) is 11.5 Å². The predicted octanol–water partition coefficient (Wildman–Crippen LogP) is 3.23. The number of barbiturate groups is 1. The summed E-state index contributed by atoms with van der Waals surface area (Å²) in [5, 5.41) is 12.1. The molecule has 31 heavy (non-hydrogen) atoms. The van der Waals surface area contributed by atoms with Crippen molar-refractivity contribution in [2.45, 2.75) is 13.5 Å². The summed E-state index contributed by atoms with van der Waals surface area (Å²) in [6.45, 7) is 2.47. The Morgan fingerprint density at radius 2 is 1.84 bits per heavy atom. The molecule has 0 atom stereocenters. The number of anilines is 1. The molecular formula is C23H18N4O4. The van der Waals surface area contributed by atoms with Gasteiger partial charge in [0.2, 0.25) is 0 Å². The molecule has 2 aromatic carbocycles. The molecule has 4 amide bonds. The number of ether oxygens (including phenoxy) is 1. The third-order valence-electron chi connectivity index (χ3n) is 4.87. The second-order valence-electron chi connectivity index (χ2n) is 6.77. The summed E-state index contributed by atoms with van der Waals surface area (Å²) in [6.07, 6.45) is 3.15. The molecule has 8 heteroatoms. The van der Waals surface area contributed by atoms with Crippen molar-refractivity contribution < 1.29 is 19.1 Å². The summed E-state index contributed by atoms with van der Waals surface area (Å²) < 4.78 is 7.13. The molecule has 1 fully saturated rings. The number of imide groups is 2. The Bertz CT molecular complexity index is 1260. The van der Waals surface area contributed by atoms with E-state index in [-0.39, 0.29) is 12.1 Å². The monoisotopic (exact) mass is 414 g/mol. The zero-order valence-corrected chi connectivity index (χ0v) is 16.7. The molecule has 1 aliphatic rings. The largest absolute Gasteiger partial charge is 0.494 e. The fraction of sp³-hybridized carbons (Fsp3) is 0.130. The number of aromatic nitrogens is 1. The van der Waals surface area contributed by atoms with Gasteiger partial charge in [0.15, 0.2) is 0 Å². The van der Waals surface area contributed by atoms with Gasteiger partial charge in [0.1, 0.15) is 17.9 Å². The average Bonchev–Trinajstić information content (AvgIpc) is 3.10. The van der Waals surface area contributed by atoms with Crippen LogP contribution in [0.25, 0.3) is 17.0 Å². The van der Waals surface area contributed by atoms with Gasteiger partial charge in [-0.05, 0) is 43.3 Å². The minimum atomic E-state index is -0.816. The van der Waals surface area contributed by atoms with Crippen LogP contribution in [0.1, 0.15) is 12.5 Å². The normalized spacial score (nSPS) is 15.3. The standard InChI is InChI=1S/C23H18N4O4/c1-2-31-17-9-7-16(8-10-17)27-22(29)19(21(28)25-23(27)30)13-15-14-26(12-11-24)20-6-4-3-5-18(15)20/h3-10,13-14H,2,12H2,1H3,(H,25,28,30)/b19-13+. The van der Waals surface area contributed by atoms with Crippen LogP contribution in [0.15, 0.2) is 60.3 Å². The second-order valence-corrected chi connectivity index (χ2v) is 6.77. The maximum Gasteiger partial charge on any atom is 0.335 e. The van der Waals surface area contributed by atoms with E-state index >= 15 is 0 Å². The van der Waals surface area contributed by atoms with E-state index in [1.807, 2.05) is 31.2 Å². The van der Waals surface area contributed by atoms with Crippen molar-refractivity contribution in [1.29, 1.82) is 5.26 Å². The highest BCUT2D eigenvalue weighted by Crippen LogP contribution is 2.27. The van der Waals surface area contributed by atoms with Crippen LogP contribution < -0.4 is 15.0 Å². The molecule has 2 heterocycles. The Kier molecular flexibility index (Phi) is 5.24. The number of fused-ring (bicyclic) bond motifs is 1. The molecule has 0 saturated carbocycles. The predicted molar refractivity (Wildman–Crippen MR) is 114 cm³/mol. The Morgan fingerprint density at radius 1 is 1.10 bits per heavy atom. The van der Waals surface area contributed by atoms with Crippen molar-refractivity contribution in [1.82, 2.24) is 9.88 Å². The van der Waals surface area contributed by atoms with E-state index in [0.29, 0.717) is 23.6 Å². The molecule has 8 nitrogen and oxygen atoms in total. The number of nitrogens with zero attached hydrogens (tertiary/aromatic N) is 3. The van der Waals surface area contributed by atoms with Crippen molar-refractivity contribution in [3.63, 3.8) is 0 Å². The summed E-state index contributed by atoms with van der Waals surface area (Å²) in [4.78, 5) is 38.9. The van der Waals surface area contributed by atoms with Gasteiger partial charge in [-0.15, -0.1) is 0 Å². The summed E-state index contributed by atoms with van der Waals surface area (Å²) in [5.41, 5.74) is 1.55. The summed E-state index contributed by atoms with van der Waals surface area (Å²) in [7, 11) is 0. The fourth-order valence-corrected chi connectivity index (χ4v) is 3.50. The quantitative estimate of drug-likeness (QED) is 0.510. The average molecular weight is 414 g/mol. The molecule has 0 unspecified atom stereocenters. The Balaban J connectivity index is 1.75. The summed E-state index contributed by atoms with van der Waals surface area (Å²) in [5.74, 6) is -0.891. The zero-order valence-electron chi connectivity index (χ0n) is 16.7. The van der Waals surface area contributed by atoms with Gasteiger partial charge in [-0.25, -0.2) is 9.69 Å². The van der Waals surface area contributed by atoms with E-state index in [0.717, 1.165) is 15.8 Å². The van der Waals surface area contributed by atoms with Crippen LogP contribution in [-0.4, -0.2) is 29.0 Å². The SMILES string of the molecule is CCOc1ccc(N2C(=O)NC(=O)/C(=C\c3cn(CC#N)c4ccccc34)C2=O)cc1. The Morgan fingerprint density at radius 3 is 2.55 bits per heavy atom. The fourth-order valence-electron chi connectivity index (χ4n) is 3.50. The molecule has 3 aromatic rings. The van der Waals surface area contributed by atoms with Gasteiger partial charge < -0.3 is 9.30 Å². The van der Waals surface area contributed by atoms with Crippen molar-refractivity contribution in [3.8, 4) is 11.8 Å². The number of urea groups is 1. The number of nitrogens with one attached hydrogen (secondary N) is 1. The number of amides is 4. The Hall–Kier alpha value is -4.38. The summed E-state index contributed by atoms with van der Waals surface area (Å²) in [6, 6.07) is 15.1. The lowest BCUT2D eigenvalue weighted by Gasteiger charge is -2.26. The highest BCUT2D eigenvalue weighted by atomic mass is 16.5. The van der Waals surface area contributed by atoms with E-state index in [1.165, 1.54) is 6.08 Å². The molecule has 0 radical (unpaired) electrons. The van der Waals surface area contributed by atoms with Crippen LogP contribution in [0.5, 0.6) is 5.75 Å². The topological polar surface area (TPSA) is 104 Å². The van der Waals surface area contributed by atoms with Gasteiger partial charge in [0.05, 0.1) is 18.4 Å². The molecule has 0 aliphatic carbocycles. The lowest BCUT2D eigenvalue weighted by molar-refractivity contribution is -0.122. The minimum Gasteiger partial charge on any atom is -0.494 e. The number of para-hydroxylation sites is 1. The molecule has 0 bridgehead atoms. The van der Waals surface area contributed by atoms with Crippen molar-refractivity contribution in [2.24, 2.45) is 0 Å². The zero-order chi connectivity index (χ0) is 22.0. The van der Waals surface area contributed by atoms with Gasteiger partial charge in [0.25, 0.3) is 11.8 Å². The first-order valence-electron chi connectivity index (χ1n) is 9.62. The molecule has 1 aromatic heterocycles. The van der Waals surface area contributed by atoms with Crippen LogP contribution in [0.2, 0.25) is 0 Å². The van der Waals surface area contributed by atoms with Gasteiger partial charge in [0, 0.05) is 22.7 Å². The lowest BCUT2D eigenvalue weighted by Crippen LogP contribution is -2.54. The van der Waals surface area contributed by atoms with E-state index in [4.69, 9.17) is 10.00 Å². The molecule has 1 N–H and O–H groups in total. The van der Waals surface area contributed by atoms with Gasteiger partial charge in [-0.1, -0.05) is 18.2 Å². The van der Waals surface area contributed by atoms with Gasteiger partial charge >= 0.3 is 6.03 Å². The van der Waals surface area contributed by atoms with Crippen LogP contribution in [-0.2, 0) is 16.1 Å². The third-order valence-corrected chi connectivity index (χ3v) is 4.87. The number of benzene rings is 2. The maximum atomic E-state index is 13.1. The number of hydrogen-bond donors (Lipinski definition) is 1. The number of carbonyl (C=O) groups excluding carboxylic acids is 3. The van der Waals surface area contributed by atoms with Crippen LogP contribution >= 0.6 is 0 Å². The molecular weight excluding hydrogens is 396 g/mol. The highest BCUT2D eigenvalue weighted by molar-refractivity contribution is 6.39. The second kappa shape index (κ2) is 8.16. The third kappa shape index (κ3) is 3.65. The molecule has 1 aliphatic heterocycles. The first kappa shape index (κ1) is 19.9. The summed E-state index contributed by atoms with van der Waals surface area (Å²) >= 11 is 0. The highest BCUT2D eigenvalue weighted by Gasteiger charge is 2.37. The van der Waals surface area contributed by atoms with E-state index in [9.17, 15) is 14.4 Å². The molecule has 154 valence electrons. The van der Waals surface area contributed by atoms with E-state index < -0.39 is 17.8 Å². The lowest BCUT2D eigenvalue weighted by atomic mass is 10.1.